The van der Waals surface area contributed by atoms with E-state index in [0.717, 1.165) is 11.4 Å². The monoisotopic (exact) mass is 256 g/mol. The third-order valence-electron chi connectivity index (χ3n) is 2.47. The normalized spacial score (nSPS) is 9.95. The zero-order valence-corrected chi connectivity index (χ0v) is 10.8. The maximum Gasteiger partial charge on any atom is 0.226 e. The van der Waals surface area contributed by atoms with Gasteiger partial charge in [0.05, 0.1) is 11.9 Å². The van der Waals surface area contributed by atoms with Crippen LogP contribution in [-0.2, 0) is 4.79 Å². The number of benzene rings is 1. The molecule has 0 saturated heterocycles. The van der Waals surface area contributed by atoms with Crippen LogP contribution in [0.1, 0.15) is 12.1 Å². The largest absolute Gasteiger partial charge is 0.368 e. The molecule has 1 heterocycles. The van der Waals surface area contributed by atoms with Crippen LogP contribution < -0.4 is 10.6 Å². The quantitative estimate of drug-likeness (QED) is 0.860. The number of anilines is 2. The summed E-state index contributed by atoms with van der Waals surface area (Å²) in [5.41, 5.74) is 1.65. The van der Waals surface area contributed by atoms with Gasteiger partial charge in [0.1, 0.15) is 5.82 Å². The Bertz CT molecular complexity index is 542. The van der Waals surface area contributed by atoms with Crippen LogP contribution in [0.5, 0.6) is 0 Å². The summed E-state index contributed by atoms with van der Waals surface area (Å²) in [5, 5.41) is 5.89. The van der Waals surface area contributed by atoms with Gasteiger partial charge in [-0.05, 0) is 19.1 Å². The number of hydrogen-bond acceptors (Lipinski definition) is 4. The number of carbonyl (C=O) groups is 1. The molecular formula is C14H16N4O. The van der Waals surface area contributed by atoms with Gasteiger partial charge in [-0.1, -0.05) is 18.2 Å². The summed E-state index contributed by atoms with van der Waals surface area (Å²) in [7, 11) is 0. The van der Waals surface area contributed by atoms with Gasteiger partial charge in [-0.25, -0.2) is 4.98 Å². The number of nitrogens with zero attached hydrogens (tertiary/aromatic N) is 2. The second-order valence-corrected chi connectivity index (χ2v) is 4.14. The zero-order chi connectivity index (χ0) is 13.5. The van der Waals surface area contributed by atoms with Gasteiger partial charge in [-0.3, -0.25) is 9.78 Å². The number of aryl methyl sites for hydroxylation is 1. The highest BCUT2D eigenvalue weighted by molar-refractivity contribution is 5.90. The summed E-state index contributed by atoms with van der Waals surface area (Å²) >= 11 is 0. The predicted molar refractivity (Wildman–Crippen MR) is 74.9 cm³/mol. The van der Waals surface area contributed by atoms with Crippen molar-refractivity contribution in [2.45, 2.75) is 13.3 Å². The average molecular weight is 256 g/mol. The molecule has 0 atom stereocenters. The number of nitrogens with one attached hydrogen (secondary N) is 2. The highest BCUT2D eigenvalue weighted by Crippen LogP contribution is 2.06. The third kappa shape index (κ3) is 4.39. The molecule has 2 N–H and O–H groups in total. The number of hydrogen-bond donors (Lipinski definition) is 2. The van der Waals surface area contributed by atoms with Crippen molar-refractivity contribution >= 4 is 17.4 Å². The van der Waals surface area contributed by atoms with Crippen LogP contribution in [-0.4, -0.2) is 22.4 Å². The van der Waals surface area contributed by atoms with Gasteiger partial charge in [0.2, 0.25) is 5.91 Å². The van der Waals surface area contributed by atoms with Gasteiger partial charge < -0.3 is 10.6 Å². The second kappa shape index (κ2) is 6.49. The standard InChI is InChI=1S/C14H16N4O/c1-11-9-15-10-13(17-11)16-8-7-14(19)18-12-5-3-2-4-6-12/h2-6,9-10H,7-8H2,1H3,(H,16,17)(H,18,19). The zero-order valence-electron chi connectivity index (χ0n) is 10.8. The minimum atomic E-state index is -0.0284. The van der Waals surface area contributed by atoms with E-state index >= 15 is 0 Å². The smallest absolute Gasteiger partial charge is 0.226 e. The van der Waals surface area contributed by atoms with Crippen molar-refractivity contribution in [3.05, 3.63) is 48.4 Å². The van der Waals surface area contributed by atoms with Crippen LogP contribution in [0.15, 0.2) is 42.7 Å². The van der Waals surface area contributed by atoms with E-state index in [1.807, 2.05) is 37.3 Å². The molecule has 98 valence electrons. The molecule has 0 aliphatic carbocycles. The molecule has 0 fully saturated rings. The minimum absolute atomic E-state index is 0.0284. The number of amides is 1. The van der Waals surface area contributed by atoms with Crippen molar-refractivity contribution in [1.29, 1.82) is 0 Å². The maximum absolute atomic E-state index is 11.7. The van der Waals surface area contributed by atoms with E-state index in [1.165, 1.54) is 0 Å². The molecule has 19 heavy (non-hydrogen) atoms. The molecule has 0 spiro atoms. The lowest BCUT2D eigenvalue weighted by atomic mass is 10.3. The van der Waals surface area contributed by atoms with Crippen molar-refractivity contribution in [2.75, 3.05) is 17.2 Å². The number of carbonyl (C=O) groups excluding carboxylic acids is 1. The highest BCUT2D eigenvalue weighted by atomic mass is 16.1. The highest BCUT2D eigenvalue weighted by Gasteiger charge is 2.02. The lowest BCUT2D eigenvalue weighted by Gasteiger charge is -2.07. The van der Waals surface area contributed by atoms with Gasteiger partial charge in [-0.15, -0.1) is 0 Å². The Balaban J connectivity index is 1.75. The molecule has 5 heteroatoms. The van der Waals surface area contributed by atoms with E-state index in [2.05, 4.69) is 20.6 Å². The number of rotatable bonds is 5. The molecule has 0 unspecified atom stereocenters. The summed E-state index contributed by atoms with van der Waals surface area (Å²) in [6.45, 7) is 2.40. The molecule has 0 radical (unpaired) electrons. The molecule has 1 aromatic heterocycles. The molecule has 1 aromatic carbocycles. The summed E-state index contributed by atoms with van der Waals surface area (Å²) in [4.78, 5) is 20.0. The van der Waals surface area contributed by atoms with E-state index in [9.17, 15) is 4.79 Å². The number of para-hydroxylation sites is 1. The first-order chi connectivity index (χ1) is 9.24. The van der Waals surface area contributed by atoms with E-state index in [0.29, 0.717) is 18.8 Å². The van der Waals surface area contributed by atoms with Crippen LogP contribution in [0.2, 0.25) is 0 Å². The van der Waals surface area contributed by atoms with Crippen molar-refractivity contribution in [3.63, 3.8) is 0 Å². The number of aromatic nitrogens is 2. The molecule has 0 aliphatic rings. The Morgan fingerprint density at radius 3 is 2.74 bits per heavy atom. The first-order valence-electron chi connectivity index (χ1n) is 6.11. The van der Waals surface area contributed by atoms with Crippen molar-refractivity contribution < 1.29 is 4.79 Å². The molecule has 0 aliphatic heterocycles. The Morgan fingerprint density at radius 1 is 1.21 bits per heavy atom. The van der Waals surface area contributed by atoms with Crippen molar-refractivity contribution in [3.8, 4) is 0 Å². The Kier molecular flexibility index (Phi) is 4.44. The second-order valence-electron chi connectivity index (χ2n) is 4.14. The Labute approximate surface area is 112 Å². The van der Waals surface area contributed by atoms with Crippen molar-refractivity contribution in [2.24, 2.45) is 0 Å². The average Bonchev–Trinajstić information content (AvgIpc) is 2.40. The first kappa shape index (κ1) is 13.0. The lowest BCUT2D eigenvalue weighted by molar-refractivity contribution is -0.115. The lowest BCUT2D eigenvalue weighted by Crippen LogP contribution is -2.16. The SMILES string of the molecule is Cc1cncc(NCCC(=O)Nc2ccccc2)n1. The minimum Gasteiger partial charge on any atom is -0.368 e. The van der Waals surface area contributed by atoms with E-state index in [4.69, 9.17) is 0 Å². The summed E-state index contributed by atoms with van der Waals surface area (Å²) in [6, 6.07) is 9.40. The molecular weight excluding hydrogens is 240 g/mol. The van der Waals surface area contributed by atoms with Gasteiger partial charge in [0.15, 0.2) is 0 Å². The van der Waals surface area contributed by atoms with Crippen LogP contribution >= 0.6 is 0 Å². The Morgan fingerprint density at radius 2 is 2.00 bits per heavy atom. The summed E-state index contributed by atoms with van der Waals surface area (Å²) in [6.07, 6.45) is 3.71. The fourth-order valence-corrected chi connectivity index (χ4v) is 1.60. The molecule has 0 saturated carbocycles. The van der Waals surface area contributed by atoms with E-state index in [1.54, 1.807) is 12.4 Å². The van der Waals surface area contributed by atoms with Gasteiger partial charge >= 0.3 is 0 Å². The van der Waals surface area contributed by atoms with E-state index < -0.39 is 0 Å². The van der Waals surface area contributed by atoms with Gasteiger partial charge in [0.25, 0.3) is 0 Å². The first-order valence-corrected chi connectivity index (χ1v) is 6.11. The molecule has 5 nitrogen and oxygen atoms in total. The fourth-order valence-electron chi connectivity index (χ4n) is 1.60. The molecule has 1 amide bonds. The summed E-state index contributed by atoms with van der Waals surface area (Å²) in [5.74, 6) is 0.659. The van der Waals surface area contributed by atoms with Crippen molar-refractivity contribution in [1.82, 2.24) is 9.97 Å². The summed E-state index contributed by atoms with van der Waals surface area (Å²) < 4.78 is 0. The topological polar surface area (TPSA) is 66.9 Å². The van der Waals surface area contributed by atoms with Crippen LogP contribution in [0, 0.1) is 6.92 Å². The molecule has 0 bridgehead atoms. The van der Waals surface area contributed by atoms with Crippen LogP contribution in [0.4, 0.5) is 11.5 Å². The van der Waals surface area contributed by atoms with Crippen LogP contribution in [0.25, 0.3) is 0 Å². The predicted octanol–water partition coefficient (Wildman–Crippen LogP) is 2.23. The van der Waals surface area contributed by atoms with Gasteiger partial charge in [-0.2, -0.15) is 0 Å². The van der Waals surface area contributed by atoms with Gasteiger partial charge in [0, 0.05) is 24.8 Å². The maximum atomic E-state index is 11.7. The van der Waals surface area contributed by atoms with E-state index in [-0.39, 0.29) is 5.91 Å². The Hall–Kier alpha value is -2.43. The fraction of sp³-hybridized carbons (Fsp3) is 0.214. The molecule has 2 rings (SSSR count). The van der Waals surface area contributed by atoms with Crippen LogP contribution in [0.3, 0.4) is 0 Å². The molecule has 2 aromatic rings. The third-order valence-corrected chi connectivity index (χ3v) is 2.47.